The van der Waals surface area contributed by atoms with Gasteiger partial charge in [-0.3, -0.25) is 6.07 Å². The summed E-state index contributed by atoms with van der Waals surface area (Å²) in [6, 6.07) is 47.7. The zero-order chi connectivity index (χ0) is 32.8. The van der Waals surface area contributed by atoms with Gasteiger partial charge in [0.05, 0.1) is 0 Å². The normalized spacial score (nSPS) is 11.5. The van der Waals surface area contributed by atoms with Crippen LogP contribution in [-0.4, -0.2) is 21.5 Å². The van der Waals surface area contributed by atoms with Crippen molar-refractivity contribution in [3.63, 3.8) is 0 Å². The van der Waals surface area contributed by atoms with E-state index in [0.29, 0.717) is 5.69 Å². The Balaban J connectivity index is 0.000000537. The SMILES string of the molecule is Cc1cc(C)c(N(c2[c-]c(-c3[c-]c(-c4[c-]cccc4)ccn3)[c-]cc2)c2[c-]c(N3C=CN(C)[CH-]3)ccc2)c(C)c1.[C-]#Cn1cccc1.[Pt+4].[Pt]. The van der Waals surface area contributed by atoms with Crippen LogP contribution in [0.2, 0.25) is 0 Å². The fourth-order valence-corrected chi connectivity index (χ4v) is 5.52. The van der Waals surface area contributed by atoms with E-state index in [1.165, 1.54) is 16.7 Å². The summed E-state index contributed by atoms with van der Waals surface area (Å²) in [6.45, 7) is 8.47. The third-order valence-electron chi connectivity index (χ3n) is 7.54. The number of anilines is 4. The van der Waals surface area contributed by atoms with Crippen LogP contribution in [0.4, 0.5) is 22.7 Å². The summed E-state index contributed by atoms with van der Waals surface area (Å²) in [5.41, 5.74) is 10.8. The zero-order valence-electron chi connectivity index (χ0n) is 27.4. The van der Waals surface area contributed by atoms with Crippen molar-refractivity contribution in [3.8, 4) is 28.4 Å². The summed E-state index contributed by atoms with van der Waals surface area (Å²) in [5.74, 6) is 0. The number of hydrogen-bond donors (Lipinski definition) is 0. The van der Waals surface area contributed by atoms with E-state index < -0.39 is 0 Å². The molecule has 0 N–H and O–H groups in total. The van der Waals surface area contributed by atoms with Crippen molar-refractivity contribution in [2.75, 3.05) is 16.8 Å². The van der Waals surface area contributed by atoms with Crippen molar-refractivity contribution in [2.45, 2.75) is 20.8 Å². The van der Waals surface area contributed by atoms with Crippen molar-refractivity contribution in [1.82, 2.24) is 14.5 Å². The molecular weight excluding hydrogens is 965 g/mol. The molecule has 0 radical (unpaired) electrons. The van der Waals surface area contributed by atoms with Crippen LogP contribution in [0.1, 0.15) is 16.7 Å². The van der Waals surface area contributed by atoms with E-state index in [4.69, 9.17) is 6.42 Å². The van der Waals surface area contributed by atoms with E-state index in [1.807, 2.05) is 85.6 Å². The Morgan fingerprint density at radius 1 is 0.796 bits per heavy atom. The average Bonchev–Trinajstić information content (AvgIpc) is 3.79. The maximum absolute atomic E-state index is 6.57. The molecule has 6 aromatic rings. The molecule has 0 fully saturated rings. The molecule has 1 aliphatic rings. The van der Waals surface area contributed by atoms with Gasteiger partial charge in [-0.2, -0.15) is 48.8 Å². The summed E-state index contributed by atoms with van der Waals surface area (Å²) in [4.78, 5) is 10.9. The van der Waals surface area contributed by atoms with Crippen LogP contribution < -0.4 is 9.80 Å². The maximum Gasteiger partial charge on any atom is 4.00 e. The Morgan fingerprint density at radius 2 is 1.55 bits per heavy atom. The zero-order valence-corrected chi connectivity index (χ0v) is 32.0. The molecule has 0 atom stereocenters. The summed E-state index contributed by atoms with van der Waals surface area (Å²) >= 11 is 0. The second-order valence-corrected chi connectivity index (χ2v) is 11.2. The van der Waals surface area contributed by atoms with E-state index in [1.54, 1.807) is 23.2 Å². The largest absolute Gasteiger partial charge is 4.00 e. The second-order valence-electron chi connectivity index (χ2n) is 11.2. The predicted molar refractivity (Wildman–Crippen MR) is 189 cm³/mol. The molecule has 4 aromatic carbocycles. The Labute approximate surface area is 319 Å². The van der Waals surface area contributed by atoms with Gasteiger partial charge in [0.15, 0.2) is 0 Å². The van der Waals surface area contributed by atoms with Crippen molar-refractivity contribution in [2.24, 2.45) is 0 Å². The minimum atomic E-state index is 0. The summed E-state index contributed by atoms with van der Waals surface area (Å²) in [6.07, 6.45) is 15.9. The summed E-state index contributed by atoms with van der Waals surface area (Å²) < 4.78 is 1.54. The number of hydrogen-bond acceptors (Lipinski definition) is 4. The van der Waals surface area contributed by atoms with Gasteiger partial charge in [-0.25, -0.2) is 29.3 Å². The van der Waals surface area contributed by atoms with Gasteiger partial charge in [-0.1, -0.05) is 23.4 Å². The minimum absolute atomic E-state index is 0. The molecule has 7 rings (SSSR count). The van der Waals surface area contributed by atoms with Crippen LogP contribution in [0.5, 0.6) is 0 Å². The van der Waals surface area contributed by atoms with Gasteiger partial charge in [0.2, 0.25) is 0 Å². The fourth-order valence-electron chi connectivity index (χ4n) is 5.52. The average molecular weight is 997 g/mol. The van der Waals surface area contributed by atoms with Gasteiger partial charge >= 0.3 is 21.1 Å². The smallest absolute Gasteiger partial charge is 0.669 e. The van der Waals surface area contributed by atoms with Gasteiger partial charge in [-0.15, -0.1) is 35.6 Å². The summed E-state index contributed by atoms with van der Waals surface area (Å²) in [7, 11) is 2.01. The number of aryl methyl sites for hydroxylation is 3. The third-order valence-corrected chi connectivity index (χ3v) is 7.54. The Kier molecular flexibility index (Phi) is 13.0. The molecule has 3 heterocycles. The minimum Gasteiger partial charge on any atom is -0.669 e. The molecule has 0 bridgehead atoms. The fraction of sp³-hybridized carbons (Fsp3) is 0.0952. The van der Waals surface area contributed by atoms with Crippen molar-refractivity contribution < 1.29 is 42.1 Å². The Morgan fingerprint density at radius 3 is 2.20 bits per heavy atom. The first kappa shape index (κ1) is 37.2. The first-order valence-electron chi connectivity index (χ1n) is 15.2. The maximum atomic E-state index is 6.57. The third kappa shape index (κ3) is 8.90. The molecule has 5 nitrogen and oxygen atoms in total. The molecular formula is C42H32N5Pt2-3. The number of nitrogens with zero attached hydrogens (tertiary/aromatic N) is 5. The van der Waals surface area contributed by atoms with Crippen molar-refractivity contribution >= 4 is 22.7 Å². The molecule has 248 valence electrons. The van der Waals surface area contributed by atoms with Crippen LogP contribution in [0, 0.1) is 70.2 Å². The van der Waals surface area contributed by atoms with Gasteiger partial charge in [0, 0.05) is 39.1 Å². The Hall–Kier alpha value is -4.61. The monoisotopic (exact) mass is 996 g/mol. The molecule has 0 spiro atoms. The van der Waals surface area contributed by atoms with Crippen molar-refractivity contribution in [3.05, 3.63) is 176 Å². The van der Waals surface area contributed by atoms with E-state index in [0.717, 1.165) is 39.4 Å². The van der Waals surface area contributed by atoms with Crippen LogP contribution in [0.3, 0.4) is 0 Å². The quantitative estimate of drug-likeness (QED) is 0.123. The molecule has 1 aliphatic heterocycles. The summed E-state index contributed by atoms with van der Waals surface area (Å²) in [5, 5.41) is 0. The van der Waals surface area contributed by atoms with Gasteiger partial charge in [-0.05, 0) is 69.7 Å². The number of aromatic nitrogens is 2. The Bertz CT molecular complexity index is 2030. The van der Waals surface area contributed by atoms with E-state index in [2.05, 4.69) is 102 Å². The topological polar surface area (TPSA) is 27.5 Å². The van der Waals surface area contributed by atoms with Gasteiger partial charge in [0.1, 0.15) is 0 Å². The number of pyridine rings is 1. The van der Waals surface area contributed by atoms with Crippen LogP contribution in [0.25, 0.3) is 22.4 Å². The van der Waals surface area contributed by atoms with Crippen LogP contribution in [-0.2, 0) is 42.1 Å². The molecule has 0 aliphatic carbocycles. The molecule has 0 saturated carbocycles. The van der Waals surface area contributed by atoms with Gasteiger partial charge < -0.3 is 48.4 Å². The predicted octanol–water partition coefficient (Wildman–Crippen LogP) is 9.03. The van der Waals surface area contributed by atoms with Crippen LogP contribution >= 0.6 is 0 Å². The molecule has 2 aromatic heterocycles. The number of benzene rings is 4. The molecule has 0 amide bonds. The van der Waals surface area contributed by atoms with Crippen LogP contribution in [0.15, 0.2) is 116 Å². The molecule has 7 heteroatoms. The van der Waals surface area contributed by atoms with E-state index in [-0.39, 0.29) is 42.1 Å². The molecule has 49 heavy (non-hydrogen) atoms. The van der Waals surface area contributed by atoms with Crippen molar-refractivity contribution in [1.29, 1.82) is 0 Å². The second kappa shape index (κ2) is 17.2. The molecule has 0 unspecified atom stereocenters. The first-order chi connectivity index (χ1) is 22.9. The van der Waals surface area contributed by atoms with E-state index in [9.17, 15) is 0 Å². The standard InChI is InChI=1S/C36H28N4.C6H4N.2Pt/c1-26-20-27(2)36(28(3)21-26)40(34-15-9-13-32(24-34)39-19-18-38(4)25-39)33-14-8-12-31(22-33)35-23-30(16-17-37-35)29-10-6-5-7-11-29;1-2-7-5-3-4-6-7;;/h5-10,13-21,25H,1-4H3;3-6H;;/q-6;-1;;+4. The number of rotatable bonds is 6. The van der Waals surface area contributed by atoms with E-state index >= 15 is 0 Å². The van der Waals surface area contributed by atoms with Gasteiger partial charge in [0.25, 0.3) is 0 Å². The molecule has 0 saturated heterocycles. The first-order valence-corrected chi connectivity index (χ1v) is 15.2.